The highest BCUT2D eigenvalue weighted by molar-refractivity contribution is 5.92. The molecule has 0 bridgehead atoms. The number of nitrogens with zero attached hydrogens (tertiary/aromatic N) is 1. The van der Waals surface area contributed by atoms with Crippen molar-refractivity contribution in [2.75, 3.05) is 18.5 Å². The van der Waals surface area contributed by atoms with Gasteiger partial charge in [-0.3, -0.25) is 4.79 Å². The van der Waals surface area contributed by atoms with Crippen LogP contribution in [0, 0.1) is 5.92 Å². The number of rotatable bonds is 7. The molecule has 3 aromatic rings. The third-order valence-corrected chi connectivity index (χ3v) is 5.19. The minimum Gasteiger partial charge on any atom is -0.489 e. The first-order chi connectivity index (χ1) is 14.7. The summed E-state index contributed by atoms with van der Waals surface area (Å²) in [6.07, 6.45) is 7.77. The Balaban J connectivity index is 1.34. The fourth-order valence-corrected chi connectivity index (χ4v) is 3.61. The quantitative estimate of drug-likeness (QED) is 0.590. The number of hydrogen-bond donors (Lipinski definition) is 1. The van der Waals surface area contributed by atoms with Crippen molar-refractivity contribution in [2.45, 2.75) is 32.1 Å². The van der Waals surface area contributed by atoms with Crippen molar-refractivity contribution in [1.82, 2.24) is 4.98 Å². The number of anilines is 1. The Morgan fingerprint density at radius 1 is 1.10 bits per heavy atom. The number of carbonyl (C=O) groups excluding carboxylic acids is 1. The van der Waals surface area contributed by atoms with Crippen LogP contribution in [-0.4, -0.2) is 24.1 Å². The highest BCUT2D eigenvalue weighted by Gasteiger charge is 2.16. The lowest BCUT2D eigenvalue weighted by atomic mass is 9.90. The Bertz CT molecular complexity index is 1070. The monoisotopic (exact) mass is 408 g/mol. The maximum Gasteiger partial charge on any atom is 0.336 e. The topological polar surface area (TPSA) is 90.7 Å². The van der Waals surface area contributed by atoms with Crippen LogP contribution in [0.1, 0.15) is 32.1 Å². The van der Waals surface area contributed by atoms with Gasteiger partial charge in [0.25, 0.3) is 5.91 Å². The van der Waals surface area contributed by atoms with Gasteiger partial charge in [-0.25, -0.2) is 9.78 Å². The van der Waals surface area contributed by atoms with Crippen molar-refractivity contribution in [1.29, 1.82) is 0 Å². The smallest absolute Gasteiger partial charge is 0.336 e. The molecule has 0 unspecified atom stereocenters. The zero-order valence-corrected chi connectivity index (χ0v) is 16.6. The predicted octanol–water partition coefficient (Wildman–Crippen LogP) is 4.16. The van der Waals surface area contributed by atoms with Crippen LogP contribution in [0.25, 0.3) is 11.0 Å². The van der Waals surface area contributed by atoms with Gasteiger partial charge in [0.1, 0.15) is 11.3 Å². The van der Waals surface area contributed by atoms with Crippen molar-refractivity contribution >= 4 is 22.7 Å². The minimum absolute atomic E-state index is 0.207. The highest BCUT2D eigenvalue weighted by atomic mass is 16.5. The fraction of sp³-hybridized carbons (Fsp3) is 0.348. The Hall–Kier alpha value is -3.35. The molecule has 1 aliphatic carbocycles. The van der Waals surface area contributed by atoms with Crippen LogP contribution in [0.3, 0.4) is 0 Å². The summed E-state index contributed by atoms with van der Waals surface area (Å²) < 4.78 is 16.6. The summed E-state index contributed by atoms with van der Waals surface area (Å²) in [4.78, 5) is 27.9. The molecule has 1 amide bonds. The van der Waals surface area contributed by atoms with Gasteiger partial charge in [-0.05, 0) is 49.1 Å². The second kappa shape index (κ2) is 9.43. The van der Waals surface area contributed by atoms with E-state index in [1.165, 1.54) is 38.2 Å². The molecule has 156 valence electrons. The molecule has 1 aliphatic rings. The Labute approximate surface area is 174 Å². The summed E-state index contributed by atoms with van der Waals surface area (Å²) in [7, 11) is 0. The summed E-state index contributed by atoms with van der Waals surface area (Å²) in [5.41, 5.74) is -0.0307. The van der Waals surface area contributed by atoms with Gasteiger partial charge in [0.15, 0.2) is 18.2 Å². The van der Waals surface area contributed by atoms with Crippen molar-refractivity contribution < 1.29 is 18.7 Å². The normalized spacial score (nSPS) is 14.4. The van der Waals surface area contributed by atoms with E-state index in [-0.39, 0.29) is 12.5 Å². The molecule has 1 aromatic carbocycles. The molecule has 1 fully saturated rings. The van der Waals surface area contributed by atoms with E-state index < -0.39 is 5.63 Å². The van der Waals surface area contributed by atoms with E-state index in [0.29, 0.717) is 35.4 Å². The first-order valence-corrected chi connectivity index (χ1v) is 10.2. The average molecular weight is 408 g/mol. The van der Waals surface area contributed by atoms with Gasteiger partial charge in [0, 0.05) is 23.7 Å². The summed E-state index contributed by atoms with van der Waals surface area (Å²) >= 11 is 0. The molecule has 7 nitrogen and oxygen atoms in total. The van der Waals surface area contributed by atoms with Crippen LogP contribution in [0.2, 0.25) is 0 Å². The SMILES string of the molecule is O=C(COc1ccc2ccc(=O)oc2c1)Nc1ncccc1OCC1CCCCC1. The van der Waals surface area contributed by atoms with E-state index in [1.54, 1.807) is 42.6 Å². The highest BCUT2D eigenvalue weighted by Crippen LogP contribution is 2.27. The molecule has 0 radical (unpaired) electrons. The lowest BCUT2D eigenvalue weighted by molar-refractivity contribution is -0.118. The van der Waals surface area contributed by atoms with E-state index >= 15 is 0 Å². The molecule has 0 atom stereocenters. The molecule has 1 N–H and O–H groups in total. The lowest BCUT2D eigenvalue weighted by Gasteiger charge is -2.22. The molecule has 2 heterocycles. The number of amides is 1. The Morgan fingerprint density at radius 2 is 1.93 bits per heavy atom. The fourth-order valence-electron chi connectivity index (χ4n) is 3.61. The largest absolute Gasteiger partial charge is 0.489 e. The standard InChI is InChI=1S/C23H24N2O5/c26-21(15-28-18-10-8-17-9-11-22(27)30-20(17)13-18)25-23-19(7-4-12-24-23)29-14-16-5-2-1-3-6-16/h4,7-13,16H,1-3,5-6,14-15H2,(H,24,25,26). The van der Waals surface area contributed by atoms with E-state index in [4.69, 9.17) is 13.9 Å². The molecular weight excluding hydrogens is 384 g/mol. The summed E-state index contributed by atoms with van der Waals surface area (Å²) in [5, 5.41) is 3.52. The van der Waals surface area contributed by atoms with Gasteiger partial charge in [-0.1, -0.05) is 19.3 Å². The van der Waals surface area contributed by atoms with Gasteiger partial charge >= 0.3 is 5.63 Å². The molecule has 0 saturated heterocycles. The molecule has 0 aliphatic heterocycles. The summed E-state index contributed by atoms with van der Waals surface area (Å²) in [6, 6.07) is 11.7. The molecular formula is C23H24N2O5. The van der Waals surface area contributed by atoms with Crippen LogP contribution in [0.5, 0.6) is 11.5 Å². The third-order valence-electron chi connectivity index (χ3n) is 5.19. The van der Waals surface area contributed by atoms with Gasteiger partial charge in [0.2, 0.25) is 0 Å². The molecule has 30 heavy (non-hydrogen) atoms. The molecule has 0 spiro atoms. The van der Waals surface area contributed by atoms with Gasteiger partial charge in [-0.2, -0.15) is 0 Å². The van der Waals surface area contributed by atoms with Gasteiger partial charge < -0.3 is 19.2 Å². The van der Waals surface area contributed by atoms with Crippen LogP contribution >= 0.6 is 0 Å². The molecule has 7 heteroatoms. The maximum atomic E-state index is 12.4. The second-order valence-electron chi connectivity index (χ2n) is 7.46. The number of fused-ring (bicyclic) bond motifs is 1. The Kier molecular flexibility index (Phi) is 6.27. The van der Waals surface area contributed by atoms with Crippen LogP contribution in [0.4, 0.5) is 5.82 Å². The van der Waals surface area contributed by atoms with E-state index in [1.807, 2.05) is 0 Å². The van der Waals surface area contributed by atoms with Gasteiger partial charge in [0.05, 0.1) is 6.61 Å². The number of aromatic nitrogens is 1. The van der Waals surface area contributed by atoms with Crippen molar-refractivity contribution in [3.8, 4) is 11.5 Å². The Morgan fingerprint density at radius 3 is 2.80 bits per heavy atom. The third kappa shape index (κ3) is 5.17. The summed E-state index contributed by atoms with van der Waals surface area (Å²) in [5.74, 6) is 1.57. The van der Waals surface area contributed by atoms with E-state index in [9.17, 15) is 9.59 Å². The number of ether oxygens (including phenoxy) is 2. The molecule has 2 aromatic heterocycles. The van der Waals surface area contributed by atoms with Crippen LogP contribution in [0.15, 0.2) is 57.9 Å². The van der Waals surface area contributed by atoms with Gasteiger partial charge in [-0.15, -0.1) is 0 Å². The van der Waals surface area contributed by atoms with Crippen LogP contribution < -0.4 is 20.4 Å². The number of nitrogens with one attached hydrogen (secondary N) is 1. The van der Waals surface area contributed by atoms with E-state index in [2.05, 4.69) is 10.3 Å². The maximum absolute atomic E-state index is 12.4. The van der Waals surface area contributed by atoms with Crippen molar-refractivity contribution in [2.24, 2.45) is 5.92 Å². The predicted molar refractivity (Wildman–Crippen MR) is 113 cm³/mol. The zero-order chi connectivity index (χ0) is 20.8. The first-order valence-electron chi connectivity index (χ1n) is 10.2. The minimum atomic E-state index is -0.437. The van der Waals surface area contributed by atoms with E-state index in [0.717, 1.165) is 5.39 Å². The first kappa shape index (κ1) is 19.9. The lowest BCUT2D eigenvalue weighted by Crippen LogP contribution is -2.22. The number of pyridine rings is 1. The van der Waals surface area contributed by atoms with Crippen molar-refractivity contribution in [3.05, 3.63) is 59.1 Å². The van der Waals surface area contributed by atoms with Crippen LogP contribution in [-0.2, 0) is 4.79 Å². The summed E-state index contributed by atoms with van der Waals surface area (Å²) in [6.45, 7) is 0.425. The number of benzene rings is 1. The number of hydrogen-bond acceptors (Lipinski definition) is 6. The molecule has 1 saturated carbocycles. The van der Waals surface area contributed by atoms with Crippen molar-refractivity contribution in [3.63, 3.8) is 0 Å². The number of carbonyl (C=O) groups is 1. The zero-order valence-electron chi connectivity index (χ0n) is 16.6. The average Bonchev–Trinajstić information content (AvgIpc) is 2.77. The second-order valence-corrected chi connectivity index (χ2v) is 7.46. The molecule has 4 rings (SSSR count).